The van der Waals surface area contributed by atoms with Crippen LogP contribution in [0.1, 0.15) is 11.7 Å². The Morgan fingerprint density at radius 2 is 1.63 bits per heavy atom. The number of likely N-dealkylation sites (N-methyl/N-ethyl adjacent to an activating group) is 1. The molecule has 2 rings (SSSR count). The van der Waals surface area contributed by atoms with E-state index in [2.05, 4.69) is 5.32 Å². The van der Waals surface area contributed by atoms with Crippen molar-refractivity contribution in [2.45, 2.75) is 12.2 Å². The topological polar surface area (TPSA) is 52.5 Å². The molecule has 0 heterocycles. The number of hydrogen-bond donors (Lipinski definition) is 3. The van der Waals surface area contributed by atoms with Crippen LogP contribution in [0.25, 0.3) is 11.1 Å². The summed E-state index contributed by atoms with van der Waals surface area (Å²) in [7, 11) is 1.75. The first-order chi connectivity index (χ1) is 9.22. The molecular formula is C16H19NO2. The molecule has 3 nitrogen and oxygen atoms in total. The molecule has 3 N–H and O–H groups in total. The van der Waals surface area contributed by atoms with Gasteiger partial charge < -0.3 is 15.5 Å². The van der Waals surface area contributed by atoms with Gasteiger partial charge in [-0.1, -0.05) is 48.5 Å². The van der Waals surface area contributed by atoms with Crippen molar-refractivity contribution in [3.8, 4) is 11.1 Å². The van der Waals surface area contributed by atoms with E-state index >= 15 is 0 Å². The molecule has 0 aliphatic rings. The molecule has 2 atom stereocenters. The second-order valence-corrected chi connectivity index (χ2v) is 4.56. The Labute approximate surface area is 113 Å². The summed E-state index contributed by atoms with van der Waals surface area (Å²) in [5.74, 6) is 0. The number of nitrogens with one attached hydrogen (secondary N) is 1. The summed E-state index contributed by atoms with van der Waals surface area (Å²) in [6, 6.07) is 17.6. The van der Waals surface area contributed by atoms with Crippen LogP contribution in [0.15, 0.2) is 54.6 Å². The summed E-state index contributed by atoms with van der Waals surface area (Å²) in [6.45, 7) is 0.358. The predicted octanol–water partition coefficient (Wildman–Crippen LogP) is 1.97. The van der Waals surface area contributed by atoms with Gasteiger partial charge in [0.25, 0.3) is 0 Å². The molecule has 19 heavy (non-hydrogen) atoms. The summed E-state index contributed by atoms with van der Waals surface area (Å²) in [5, 5.41) is 22.8. The summed E-state index contributed by atoms with van der Waals surface area (Å²) < 4.78 is 0. The zero-order valence-corrected chi connectivity index (χ0v) is 11.0. The molecule has 0 saturated heterocycles. The van der Waals surface area contributed by atoms with E-state index in [-0.39, 0.29) is 0 Å². The third-order valence-electron chi connectivity index (χ3n) is 3.11. The maximum absolute atomic E-state index is 10.1. The molecule has 2 aromatic carbocycles. The molecule has 0 amide bonds. The zero-order valence-electron chi connectivity index (χ0n) is 11.0. The van der Waals surface area contributed by atoms with Crippen LogP contribution in [0.3, 0.4) is 0 Å². The van der Waals surface area contributed by atoms with E-state index in [9.17, 15) is 10.2 Å². The molecule has 2 aromatic rings. The number of aliphatic hydroxyl groups is 2. The standard InChI is InChI=1S/C16H19NO2/c1-17-11-15(18)16(19)14-9-5-8-13(10-14)12-6-3-2-4-7-12/h2-10,15-19H,11H2,1H3. The monoisotopic (exact) mass is 257 g/mol. The molecule has 0 bridgehead atoms. The van der Waals surface area contributed by atoms with Crippen LogP contribution in [-0.4, -0.2) is 29.9 Å². The molecule has 0 aliphatic heterocycles. The van der Waals surface area contributed by atoms with Gasteiger partial charge in [-0.2, -0.15) is 0 Å². The fourth-order valence-corrected chi connectivity index (χ4v) is 2.08. The smallest absolute Gasteiger partial charge is 0.106 e. The summed E-state index contributed by atoms with van der Waals surface area (Å²) in [6.07, 6.45) is -1.69. The Morgan fingerprint density at radius 3 is 2.32 bits per heavy atom. The molecule has 0 spiro atoms. The minimum atomic E-state index is -0.879. The first-order valence-electron chi connectivity index (χ1n) is 6.38. The fraction of sp³-hybridized carbons (Fsp3) is 0.250. The lowest BCUT2D eigenvalue weighted by atomic mass is 9.98. The largest absolute Gasteiger partial charge is 0.389 e. The van der Waals surface area contributed by atoms with Crippen molar-refractivity contribution in [3.63, 3.8) is 0 Å². The van der Waals surface area contributed by atoms with Crippen LogP contribution in [0.5, 0.6) is 0 Å². The van der Waals surface area contributed by atoms with Crippen LogP contribution in [0, 0.1) is 0 Å². The Kier molecular flexibility index (Phi) is 4.68. The van der Waals surface area contributed by atoms with Crippen LogP contribution in [0.2, 0.25) is 0 Å². The Balaban J connectivity index is 2.25. The molecule has 0 saturated carbocycles. The highest BCUT2D eigenvalue weighted by molar-refractivity contribution is 5.64. The number of benzene rings is 2. The van der Waals surface area contributed by atoms with Crippen molar-refractivity contribution in [1.29, 1.82) is 0 Å². The minimum absolute atomic E-state index is 0.358. The minimum Gasteiger partial charge on any atom is -0.389 e. The summed E-state index contributed by atoms with van der Waals surface area (Å²) in [4.78, 5) is 0. The highest BCUT2D eigenvalue weighted by Crippen LogP contribution is 2.24. The molecule has 0 aliphatic carbocycles. The summed E-state index contributed by atoms with van der Waals surface area (Å²) >= 11 is 0. The van der Waals surface area contributed by atoms with Crippen molar-refractivity contribution < 1.29 is 10.2 Å². The van der Waals surface area contributed by atoms with Gasteiger partial charge in [0, 0.05) is 6.54 Å². The van der Waals surface area contributed by atoms with Crippen molar-refractivity contribution in [3.05, 3.63) is 60.2 Å². The number of hydrogen-bond acceptors (Lipinski definition) is 3. The Bertz CT molecular complexity index is 513. The Morgan fingerprint density at radius 1 is 0.947 bits per heavy atom. The number of aliphatic hydroxyl groups excluding tert-OH is 2. The normalized spacial score (nSPS) is 14.1. The zero-order chi connectivity index (χ0) is 13.7. The van der Waals surface area contributed by atoms with Crippen LogP contribution < -0.4 is 5.32 Å². The lowest BCUT2D eigenvalue weighted by Crippen LogP contribution is -2.29. The van der Waals surface area contributed by atoms with Gasteiger partial charge in [0.2, 0.25) is 0 Å². The average molecular weight is 257 g/mol. The van der Waals surface area contributed by atoms with E-state index in [1.165, 1.54) is 0 Å². The van der Waals surface area contributed by atoms with Crippen LogP contribution >= 0.6 is 0 Å². The van der Waals surface area contributed by atoms with E-state index in [0.29, 0.717) is 6.54 Å². The number of rotatable bonds is 5. The van der Waals surface area contributed by atoms with Crippen molar-refractivity contribution in [2.24, 2.45) is 0 Å². The van der Waals surface area contributed by atoms with Gasteiger partial charge in [-0.3, -0.25) is 0 Å². The van der Waals surface area contributed by atoms with Gasteiger partial charge in [-0.15, -0.1) is 0 Å². The molecule has 100 valence electrons. The predicted molar refractivity (Wildman–Crippen MR) is 76.8 cm³/mol. The second kappa shape index (κ2) is 6.48. The van der Waals surface area contributed by atoms with Gasteiger partial charge in [0.15, 0.2) is 0 Å². The molecule has 0 aromatic heterocycles. The van der Waals surface area contributed by atoms with Crippen LogP contribution in [0.4, 0.5) is 0 Å². The van der Waals surface area contributed by atoms with Gasteiger partial charge in [-0.25, -0.2) is 0 Å². The highest BCUT2D eigenvalue weighted by atomic mass is 16.3. The van der Waals surface area contributed by atoms with E-state index in [4.69, 9.17) is 0 Å². The van der Waals surface area contributed by atoms with E-state index in [1.54, 1.807) is 7.05 Å². The van der Waals surface area contributed by atoms with Gasteiger partial charge >= 0.3 is 0 Å². The van der Waals surface area contributed by atoms with Crippen molar-refractivity contribution in [2.75, 3.05) is 13.6 Å². The summed E-state index contributed by atoms with van der Waals surface area (Å²) in [5.41, 5.74) is 2.86. The van der Waals surface area contributed by atoms with Crippen molar-refractivity contribution in [1.82, 2.24) is 5.32 Å². The van der Waals surface area contributed by atoms with Crippen molar-refractivity contribution >= 4 is 0 Å². The van der Waals surface area contributed by atoms with E-state index < -0.39 is 12.2 Å². The van der Waals surface area contributed by atoms with Gasteiger partial charge in [0.05, 0.1) is 6.10 Å². The molecule has 3 heteroatoms. The lowest BCUT2D eigenvalue weighted by Gasteiger charge is -2.18. The average Bonchev–Trinajstić information content (AvgIpc) is 2.48. The van der Waals surface area contributed by atoms with E-state index in [0.717, 1.165) is 16.7 Å². The molecule has 0 radical (unpaired) electrons. The first kappa shape index (κ1) is 13.7. The van der Waals surface area contributed by atoms with Crippen LogP contribution in [-0.2, 0) is 0 Å². The fourth-order valence-electron chi connectivity index (χ4n) is 2.08. The molecular weight excluding hydrogens is 238 g/mol. The van der Waals surface area contributed by atoms with Gasteiger partial charge in [0.1, 0.15) is 6.10 Å². The highest BCUT2D eigenvalue weighted by Gasteiger charge is 2.17. The first-order valence-corrected chi connectivity index (χ1v) is 6.38. The van der Waals surface area contributed by atoms with E-state index in [1.807, 2.05) is 54.6 Å². The third-order valence-corrected chi connectivity index (χ3v) is 3.11. The van der Waals surface area contributed by atoms with Gasteiger partial charge in [-0.05, 0) is 29.8 Å². The maximum Gasteiger partial charge on any atom is 0.106 e. The molecule has 0 fully saturated rings. The SMILES string of the molecule is CNCC(O)C(O)c1cccc(-c2ccccc2)c1. The quantitative estimate of drug-likeness (QED) is 0.767. The lowest BCUT2D eigenvalue weighted by molar-refractivity contribution is 0.0202. The Hall–Kier alpha value is -1.68. The molecule has 2 unspecified atom stereocenters. The maximum atomic E-state index is 10.1. The second-order valence-electron chi connectivity index (χ2n) is 4.56. The third kappa shape index (κ3) is 3.41.